The molecule has 1 aliphatic heterocycles. The van der Waals surface area contributed by atoms with Crippen LogP contribution in [0.25, 0.3) is 0 Å². The van der Waals surface area contributed by atoms with Gasteiger partial charge in [0.1, 0.15) is 6.61 Å². The normalized spacial score (nSPS) is 17.0. The van der Waals surface area contributed by atoms with Crippen molar-refractivity contribution in [3.63, 3.8) is 0 Å². The summed E-state index contributed by atoms with van der Waals surface area (Å²) in [4.78, 5) is 25.9. The third-order valence-electron chi connectivity index (χ3n) is 3.89. The van der Waals surface area contributed by atoms with Crippen LogP contribution in [0.2, 0.25) is 0 Å². The van der Waals surface area contributed by atoms with E-state index in [4.69, 9.17) is 4.74 Å². The number of ether oxygens (including phenoxy) is 1. The van der Waals surface area contributed by atoms with Gasteiger partial charge in [-0.25, -0.2) is 0 Å². The molecule has 0 spiro atoms. The number of benzene rings is 1. The zero-order chi connectivity index (χ0) is 15.8. The van der Waals surface area contributed by atoms with E-state index >= 15 is 0 Å². The van der Waals surface area contributed by atoms with E-state index in [1.807, 2.05) is 35.2 Å². The lowest BCUT2D eigenvalue weighted by molar-refractivity contribution is -0.132. The van der Waals surface area contributed by atoms with E-state index in [9.17, 15) is 9.59 Å². The molecule has 0 radical (unpaired) electrons. The highest BCUT2D eigenvalue weighted by Gasteiger charge is 2.22. The van der Waals surface area contributed by atoms with Gasteiger partial charge in [-0.3, -0.25) is 9.59 Å². The predicted molar refractivity (Wildman–Crippen MR) is 84.2 cm³/mol. The first-order valence-electron chi connectivity index (χ1n) is 7.81. The number of methoxy groups -OCH3 is 1. The lowest BCUT2D eigenvalue weighted by Gasteiger charge is -2.27. The Morgan fingerprint density at radius 2 is 2.05 bits per heavy atom. The maximum absolute atomic E-state index is 12.2. The summed E-state index contributed by atoms with van der Waals surface area (Å²) >= 11 is 0. The van der Waals surface area contributed by atoms with Gasteiger partial charge in [0.15, 0.2) is 0 Å². The second-order valence-electron chi connectivity index (χ2n) is 5.61. The molecule has 120 valence electrons. The summed E-state index contributed by atoms with van der Waals surface area (Å²) < 4.78 is 4.88. The molecule has 0 aliphatic carbocycles. The van der Waals surface area contributed by atoms with Crippen LogP contribution in [0.1, 0.15) is 37.3 Å². The summed E-state index contributed by atoms with van der Waals surface area (Å²) in [6, 6.07) is 9.56. The van der Waals surface area contributed by atoms with Gasteiger partial charge in [0.05, 0.1) is 6.04 Å². The smallest absolute Gasteiger partial charge is 0.246 e. The van der Waals surface area contributed by atoms with Crippen molar-refractivity contribution in [2.75, 3.05) is 26.8 Å². The molecule has 1 aliphatic rings. The number of likely N-dealkylation sites (tertiary alicyclic amines) is 1. The van der Waals surface area contributed by atoms with Crippen LogP contribution in [-0.2, 0) is 14.3 Å². The van der Waals surface area contributed by atoms with Gasteiger partial charge < -0.3 is 15.0 Å². The fourth-order valence-corrected chi connectivity index (χ4v) is 2.74. The summed E-state index contributed by atoms with van der Waals surface area (Å²) in [6.07, 6.45) is 3.68. The minimum atomic E-state index is -0.203. The summed E-state index contributed by atoms with van der Waals surface area (Å²) in [5, 5.41) is 2.96. The molecule has 1 aromatic carbocycles. The molecule has 1 heterocycles. The van der Waals surface area contributed by atoms with Crippen molar-refractivity contribution in [1.82, 2.24) is 10.2 Å². The largest absolute Gasteiger partial charge is 0.375 e. The standard InChI is InChI=1S/C17H24N2O3/c1-22-13-16(20)18-15(14-8-4-2-5-9-14)12-19-11-7-3-6-10-17(19)21/h2,4-5,8-9,15H,3,6-7,10-13H2,1H3,(H,18,20)/t15-/m0/s1. The number of hydrogen-bond acceptors (Lipinski definition) is 3. The molecule has 0 unspecified atom stereocenters. The Kier molecular flexibility index (Phi) is 6.40. The Bertz CT molecular complexity index is 490. The van der Waals surface area contributed by atoms with Gasteiger partial charge in [-0.2, -0.15) is 0 Å². The zero-order valence-electron chi connectivity index (χ0n) is 13.1. The first kappa shape index (κ1) is 16.5. The first-order valence-corrected chi connectivity index (χ1v) is 7.81. The van der Waals surface area contributed by atoms with Crippen LogP contribution in [-0.4, -0.2) is 43.5 Å². The molecular weight excluding hydrogens is 280 g/mol. The van der Waals surface area contributed by atoms with Crippen LogP contribution < -0.4 is 5.32 Å². The minimum absolute atomic E-state index is 0.0251. The SMILES string of the molecule is COCC(=O)N[C@@H](CN1CCCCCC1=O)c1ccccc1. The summed E-state index contributed by atoms with van der Waals surface area (Å²) in [5.41, 5.74) is 1.00. The number of carbonyl (C=O) groups is 2. The van der Waals surface area contributed by atoms with Crippen molar-refractivity contribution < 1.29 is 14.3 Å². The maximum atomic E-state index is 12.2. The molecule has 1 aromatic rings. The fraction of sp³-hybridized carbons (Fsp3) is 0.529. The third-order valence-corrected chi connectivity index (χ3v) is 3.89. The molecular formula is C17H24N2O3. The van der Waals surface area contributed by atoms with E-state index in [1.165, 1.54) is 7.11 Å². The van der Waals surface area contributed by atoms with E-state index in [1.54, 1.807) is 0 Å². The Balaban J connectivity index is 2.09. The molecule has 2 rings (SSSR count). The summed E-state index contributed by atoms with van der Waals surface area (Å²) in [7, 11) is 1.50. The van der Waals surface area contributed by atoms with Crippen LogP contribution in [0.5, 0.6) is 0 Å². The van der Waals surface area contributed by atoms with Crippen molar-refractivity contribution in [2.45, 2.75) is 31.7 Å². The molecule has 1 N–H and O–H groups in total. The van der Waals surface area contributed by atoms with Crippen molar-refractivity contribution >= 4 is 11.8 Å². The van der Waals surface area contributed by atoms with Crippen LogP contribution >= 0.6 is 0 Å². The van der Waals surface area contributed by atoms with Gasteiger partial charge in [0.25, 0.3) is 0 Å². The molecule has 2 amide bonds. The van der Waals surface area contributed by atoms with E-state index < -0.39 is 0 Å². The minimum Gasteiger partial charge on any atom is -0.375 e. The highest BCUT2D eigenvalue weighted by atomic mass is 16.5. The Morgan fingerprint density at radius 3 is 2.77 bits per heavy atom. The maximum Gasteiger partial charge on any atom is 0.246 e. The van der Waals surface area contributed by atoms with Gasteiger partial charge >= 0.3 is 0 Å². The van der Waals surface area contributed by atoms with Gasteiger partial charge in [0.2, 0.25) is 11.8 Å². The molecule has 0 aromatic heterocycles. The number of carbonyl (C=O) groups excluding carboxylic acids is 2. The summed E-state index contributed by atoms with van der Waals surface area (Å²) in [6.45, 7) is 1.30. The van der Waals surface area contributed by atoms with Crippen LogP contribution in [0.15, 0.2) is 30.3 Å². The molecule has 5 heteroatoms. The Hall–Kier alpha value is -1.88. The number of nitrogens with zero attached hydrogens (tertiary/aromatic N) is 1. The number of hydrogen-bond donors (Lipinski definition) is 1. The number of amides is 2. The summed E-state index contributed by atoms with van der Waals surface area (Å²) in [5.74, 6) is 0.0121. The average molecular weight is 304 g/mol. The van der Waals surface area contributed by atoms with Gasteiger partial charge in [-0.1, -0.05) is 36.8 Å². The van der Waals surface area contributed by atoms with Gasteiger partial charge in [0, 0.05) is 26.6 Å². The fourth-order valence-electron chi connectivity index (χ4n) is 2.74. The second-order valence-corrected chi connectivity index (χ2v) is 5.61. The van der Waals surface area contributed by atoms with E-state index in [-0.39, 0.29) is 24.5 Å². The highest BCUT2D eigenvalue weighted by molar-refractivity contribution is 5.78. The Morgan fingerprint density at radius 1 is 1.27 bits per heavy atom. The van der Waals surface area contributed by atoms with E-state index in [2.05, 4.69) is 5.32 Å². The zero-order valence-corrected chi connectivity index (χ0v) is 13.1. The second kappa shape index (κ2) is 8.54. The van der Waals surface area contributed by atoms with Crippen LogP contribution in [0.3, 0.4) is 0 Å². The monoisotopic (exact) mass is 304 g/mol. The molecule has 1 saturated heterocycles. The van der Waals surface area contributed by atoms with Crippen molar-refractivity contribution in [3.05, 3.63) is 35.9 Å². The molecule has 5 nitrogen and oxygen atoms in total. The van der Waals surface area contributed by atoms with E-state index in [0.717, 1.165) is 31.4 Å². The third kappa shape index (κ3) is 4.84. The molecule has 1 fully saturated rings. The molecule has 1 atom stereocenters. The van der Waals surface area contributed by atoms with E-state index in [0.29, 0.717) is 13.0 Å². The highest BCUT2D eigenvalue weighted by Crippen LogP contribution is 2.18. The van der Waals surface area contributed by atoms with Gasteiger partial charge in [-0.05, 0) is 18.4 Å². The topological polar surface area (TPSA) is 58.6 Å². The van der Waals surface area contributed by atoms with Gasteiger partial charge in [-0.15, -0.1) is 0 Å². The van der Waals surface area contributed by atoms with Crippen LogP contribution in [0, 0.1) is 0 Å². The number of nitrogens with one attached hydrogen (secondary N) is 1. The molecule has 0 bridgehead atoms. The predicted octanol–water partition coefficient (Wildman–Crippen LogP) is 1.89. The molecule has 0 saturated carbocycles. The first-order chi connectivity index (χ1) is 10.7. The average Bonchev–Trinajstić information content (AvgIpc) is 2.73. The van der Waals surface area contributed by atoms with Crippen molar-refractivity contribution in [1.29, 1.82) is 0 Å². The van der Waals surface area contributed by atoms with Crippen LogP contribution in [0.4, 0.5) is 0 Å². The molecule has 22 heavy (non-hydrogen) atoms. The van der Waals surface area contributed by atoms with Crippen molar-refractivity contribution in [2.24, 2.45) is 0 Å². The quantitative estimate of drug-likeness (QED) is 0.873. The lowest BCUT2D eigenvalue weighted by Crippen LogP contribution is -2.41. The Labute approximate surface area is 131 Å². The van der Waals surface area contributed by atoms with Crippen molar-refractivity contribution in [3.8, 4) is 0 Å². The number of rotatable bonds is 6. The lowest BCUT2D eigenvalue weighted by atomic mass is 10.1.